The van der Waals surface area contributed by atoms with E-state index in [4.69, 9.17) is 5.11 Å². The van der Waals surface area contributed by atoms with Crippen molar-refractivity contribution in [2.24, 2.45) is 0 Å². The van der Waals surface area contributed by atoms with Gasteiger partial charge in [-0.05, 0) is 50.2 Å². The van der Waals surface area contributed by atoms with Crippen LogP contribution in [-0.4, -0.2) is 50.1 Å². The molecule has 0 radical (unpaired) electrons. The van der Waals surface area contributed by atoms with Gasteiger partial charge < -0.3 is 10.0 Å². The normalized spacial score (nSPS) is 20.3. The third-order valence-corrected chi connectivity index (χ3v) is 5.22. The van der Waals surface area contributed by atoms with Crippen LogP contribution in [0.25, 0.3) is 0 Å². The zero-order chi connectivity index (χ0) is 15.5. The van der Waals surface area contributed by atoms with Gasteiger partial charge in [0.05, 0.1) is 10.5 Å². The van der Waals surface area contributed by atoms with Gasteiger partial charge in [-0.3, -0.25) is 0 Å². The number of carbonyl (C=O) groups is 1. The van der Waals surface area contributed by atoms with Crippen molar-refractivity contribution >= 4 is 16.0 Å². The van der Waals surface area contributed by atoms with Crippen molar-refractivity contribution in [3.8, 4) is 0 Å². The summed E-state index contributed by atoms with van der Waals surface area (Å²) in [5.41, 5.74) is 0.0729. The molecule has 1 aromatic carbocycles. The Labute approximate surface area is 124 Å². The van der Waals surface area contributed by atoms with Gasteiger partial charge >= 0.3 is 5.97 Å². The fourth-order valence-electron chi connectivity index (χ4n) is 2.50. The fourth-order valence-corrected chi connectivity index (χ4v) is 3.76. The first kappa shape index (κ1) is 15.9. The Hall–Kier alpha value is -1.44. The van der Waals surface area contributed by atoms with Gasteiger partial charge in [-0.15, -0.1) is 0 Å². The second-order valence-corrected chi connectivity index (χ2v) is 6.90. The highest BCUT2D eigenvalue weighted by molar-refractivity contribution is 7.89. The van der Waals surface area contributed by atoms with Crippen molar-refractivity contribution in [2.45, 2.75) is 30.7 Å². The maximum Gasteiger partial charge on any atom is 0.335 e. The quantitative estimate of drug-likeness (QED) is 0.851. The summed E-state index contributed by atoms with van der Waals surface area (Å²) in [4.78, 5) is 13.1. The zero-order valence-corrected chi connectivity index (χ0v) is 12.8. The smallest absolute Gasteiger partial charge is 0.335 e. The van der Waals surface area contributed by atoms with E-state index in [-0.39, 0.29) is 16.5 Å². The van der Waals surface area contributed by atoms with Gasteiger partial charge in [-0.1, -0.05) is 6.92 Å². The van der Waals surface area contributed by atoms with E-state index in [1.54, 1.807) is 0 Å². The van der Waals surface area contributed by atoms with Gasteiger partial charge in [0.15, 0.2) is 0 Å². The Morgan fingerprint density at radius 1 is 1.38 bits per heavy atom. The predicted molar refractivity (Wildman–Crippen MR) is 78.9 cm³/mol. The molecule has 2 rings (SSSR count). The molecule has 1 heterocycles. The van der Waals surface area contributed by atoms with Crippen molar-refractivity contribution in [1.82, 2.24) is 9.62 Å². The first-order chi connectivity index (χ1) is 9.92. The lowest BCUT2D eigenvalue weighted by atomic mass is 10.1. The molecule has 7 heteroatoms. The largest absolute Gasteiger partial charge is 0.478 e. The summed E-state index contributed by atoms with van der Waals surface area (Å²) in [6.07, 6.45) is 1.79. The molecule has 0 bridgehead atoms. The molecule has 1 aliphatic heterocycles. The number of carboxylic acids is 1. The number of nitrogens with zero attached hydrogens (tertiary/aromatic N) is 1. The van der Waals surface area contributed by atoms with E-state index >= 15 is 0 Å². The van der Waals surface area contributed by atoms with Crippen LogP contribution in [0.4, 0.5) is 0 Å². The summed E-state index contributed by atoms with van der Waals surface area (Å²) in [7, 11) is -3.60. The molecule has 0 amide bonds. The molecule has 116 valence electrons. The van der Waals surface area contributed by atoms with Gasteiger partial charge in [0, 0.05) is 12.6 Å². The first-order valence-corrected chi connectivity index (χ1v) is 8.48. The van der Waals surface area contributed by atoms with Crippen molar-refractivity contribution in [3.05, 3.63) is 29.8 Å². The lowest BCUT2D eigenvalue weighted by molar-refractivity contribution is 0.0696. The molecule has 2 N–H and O–H groups in total. The molecule has 0 aliphatic carbocycles. The van der Waals surface area contributed by atoms with Crippen LogP contribution >= 0.6 is 0 Å². The number of benzene rings is 1. The predicted octanol–water partition coefficient (Wildman–Crippen LogP) is 1.15. The average molecular weight is 312 g/mol. The molecule has 0 spiro atoms. The van der Waals surface area contributed by atoms with Crippen LogP contribution in [0, 0.1) is 0 Å². The summed E-state index contributed by atoms with van der Waals surface area (Å²) >= 11 is 0. The molecule has 1 saturated heterocycles. The number of hydrogen-bond acceptors (Lipinski definition) is 4. The molecule has 6 nitrogen and oxygen atoms in total. The summed E-state index contributed by atoms with van der Waals surface area (Å²) in [5, 5.41) is 8.83. The number of sulfonamides is 1. The summed E-state index contributed by atoms with van der Waals surface area (Å²) in [5.74, 6) is -1.07. The third-order valence-electron chi connectivity index (χ3n) is 3.69. The van der Waals surface area contributed by atoms with E-state index in [0.29, 0.717) is 6.54 Å². The van der Waals surface area contributed by atoms with Crippen LogP contribution in [0.1, 0.15) is 30.1 Å². The maximum absolute atomic E-state index is 12.3. The van der Waals surface area contributed by atoms with E-state index in [9.17, 15) is 13.2 Å². The molecule has 1 unspecified atom stereocenters. The highest BCUT2D eigenvalue weighted by Gasteiger charge is 2.24. The standard InChI is InChI=1S/C14H20N2O4S/c1-2-16-9-3-4-12(10-16)15-21(19,20)13-7-5-11(6-8-13)14(17)18/h5-8,12,15H,2-4,9-10H2,1H3,(H,17,18). The molecule has 0 saturated carbocycles. The van der Waals surface area contributed by atoms with Crippen LogP contribution in [-0.2, 0) is 10.0 Å². The number of carboxylic acid groups (broad SMARTS) is 1. The van der Waals surface area contributed by atoms with E-state index in [1.165, 1.54) is 24.3 Å². The van der Waals surface area contributed by atoms with Crippen LogP contribution in [0.5, 0.6) is 0 Å². The van der Waals surface area contributed by atoms with Gasteiger partial charge in [0.2, 0.25) is 10.0 Å². The maximum atomic E-state index is 12.3. The minimum Gasteiger partial charge on any atom is -0.478 e. The highest BCUT2D eigenvalue weighted by atomic mass is 32.2. The molecule has 1 aromatic rings. The molecular formula is C14H20N2O4S. The SMILES string of the molecule is CCN1CCCC(NS(=O)(=O)c2ccc(C(=O)O)cc2)C1. The monoisotopic (exact) mass is 312 g/mol. The molecule has 0 aromatic heterocycles. The van der Waals surface area contributed by atoms with Crippen LogP contribution in [0.2, 0.25) is 0 Å². The number of rotatable bonds is 5. The van der Waals surface area contributed by atoms with E-state index in [1.807, 2.05) is 0 Å². The van der Waals surface area contributed by atoms with E-state index in [2.05, 4.69) is 16.5 Å². The molecule has 1 fully saturated rings. The van der Waals surface area contributed by atoms with Gasteiger partial charge in [-0.2, -0.15) is 0 Å². The first-order valence-electron chi connectivity index (χ1n) is 7.00. The van der Waals surface area contributed by atoms with Gasteiger partial charge in [0.25, 0.3) is 0 Å². The summed E-state index contributed by atoms with van der Waals surface area (Å²) < 4.78 is 27.3. The number of piperidine rings is 1. The molecular weight excluding hydrogens is 292 g/mol. The van der Waals surface area contributed by atoms with Crippen LogP contribution in [0.15, 0.2) is 29.2 Å². The second-order valence-electron chi connectivity index (χ2n) is 5.18. The van der Waals surface area contributed by atoms with Crippen molar-refractivity contribution in [1.29, 1.82) is 0 Å². The minimum absolute atomic E-state index is 0.0729. The van der Waals surface area contributed by atoms with Crippen molar-refractivity contribution in [3.63, 3.8) is 0 Å². The van der Waals surface area contributed by atoms with Crippen molar-refractivity contribution in [2.75, 3.05) is 19.6 Å². The Bertz CT molecular complexity index is 598. The fraction of sp³-hybridized carbons (Fsp3) is 0.500. The number of likely N-dealkylation sites (tertiary alicyclic amines) is 1. The summed E-state index contributed by atoms with van der Waals surface area (Å²) in [6, 6.07) is 5.16. The van der Waals surface area contributed by atoms with Crippen molar-refractivity contribution < 1.29 is 18.3 Å². The molecule has 1 atom stereocenters. The lowest BCUT2D eigenvalue weighted by Gasteiger charge is -2.32. The minimum atomic E-state index is -3.60. The number of likely N-dealkylation sites (N-methyl/N-ethyl adjacent to an activating group) is 1. The Morgan fingerprint density at radius 2 is 2.05 bits per heavy atom. The Kier molecular flexibility index (Phi) is 4.97. The van der Waals surface area contributed by atoms with Gasteiger partial charge in [-0.25, -0.2) is 17.9 Å². The Morgan fingerprint density at radius 3 is 2.62 bits per heavy atom. The number of aromatic carboxylic acids is 1. The van der Waals surface area contributed by atoms with Crippen LogP contribution < -0.4 is 4.72 Å². The summed E-state index contributed by atoms with van der Waals surface area (Å²) in [6.45, 7) is 4.68. The highest BCUT2D eigenvalue weighted by Crippen LogP contribution is 2.15. The topological polar surface area (TPSA) is 86.7 Å². The van der Waals surface area contributed by atoms with E-state index < -0.39 is 16.0 Å². The number of hydrogen-bond donors (Lipinski definition) is 2. The Balaban J connectivity index is 2.09. The zero-order valence-electron chi connectivity index (χ0n) is 11.9. The second kappa shape index (κ2) is 6.55. The molecule has 1 aliphatic rings. The average Bonchev–Trinajstić information content (AvgIpc) is 2.47. The third kappa shape index (κ3) is 4.03. The lowest BCUT2D eigenvalue weighted by Crippen LogP contribution is -2.47. The molecule has 21 heavy (non-hydrogen) atoms. The van der Waals surface area contributed by atoms with Crippen LogP contribution in [0.3, 0.4) is 0 Å². The van der Waals surface area contributed by atoms with E-state index in [0.717, 1.165) is 25.9 Å². The van der Waals surface area contributed by atoms with Gasteiger partial charge in [0.1, 0.15) is 0 Å². The number of nitrogens with one attached hydrogen (secondary N) is 1.